The van der Waals surface area contributed by atoms with Crippen LogP contribution in [0.15, 0.2) is 54.7 Å². The van der Waals surface area contributed by atoms with Crippen molar-refractivity contribution in [3.05, 3.63) is 77.1 Å². The molecule has 3 aromatic rings. The van der Waals surface area contributed by atoms with E-state index in [1.165, 1.54) is 23.1 Å². The van der Waals surface area contributed by atoms with Crippen LogP contribution in [0.5, 0.6) is 5.75 Å². The molecule has 0 saturated heterocycles. The molecule has 0 radical (unpaired) electrons. The highest BCUT2D eigenvalue weighted by molar-refractivity contribution is 5.77. The maximum atomic E-state index is 12.1. The summed E-state index contributed by atoms with van der Waals surface area (Å²) < 4.78 is 7.56. The Morgan fingerprint density at radius 2 is 1.97 bits per heavy atom. The summed E-state index contributed by atoms with van der Waals surface area (Å²) >= 11 is 0. The van der Waals surface area contributed by atoms with E-state index in [4.69, 9.17) is 4.74 Å². The smallest absolute Gasteiger partial charge is 0.257 e. The summed E-state index contributed by atoms with van der Waals surface area (Å²) in [6.07, 6.45) is 7.29. The first-order chi connectivity index (χ1) is 14.2. The number of aryl methyl sites for hydroxylation is 4. The molecule has 2 aromatic carbocycles. The lowest BCUT2D eigenvalue weighted by molar-refractivity contribution is -0.123. The van der Waals surface area contributed by atoms with Crippen LogP contribution in [0.2, 0.25) is 0 Å². The van der Waals surface area contributed by atoms with Gasteiger partial charge < -0.3 is 10.1 Å². The highest BCUT2D eigenvalue weighted by Crippen LogP contribution is 2.25. The molecule has 0 spiro atoms. The van der Waals surface area contributed by atoms with E-state index in [9.17, 15) is 4.79 Å². The Kier molecular flexibility index (Phi) is 5.94. The SMILES string of the molecule is Cc1nn(-c2ccccc2)cc1CCCNC(=O)COc1ccc2c(c1)CCC2. The zero-order valence-corrected chi connectivity index (χ0v) is 16.9. The third-order valence-electron chi connectivity index (χ3n) is 5.41. The van der Waals surface area contributed by atoms with Crippen LogP contribution in [0.3, 0.4) is 0 Å². The number of para-hydroxylation sites is 1. The minimum Gasteiger partial charge on any atom is -0.484 e. The van der Waals surface area contributed by atoms with Gasteiger partial charge in [-0.1, -0.05) is 24.3 Å². The van der Waals surface area contributed by atoms with Crippen LogP contribution in [0.25, 0.3) is 5.69 Å². The molecule has 1 aliphatic rings. The average Bonchev–Trinajstić information content (AvgIpc) is 3.36. The standard InChI is InChI=1S/C24H27N3O2/c1-18-21(16-27(26-18)22-10-3-2-4-11-22)9-6-14-25-24(28)17-29-23-13-12-19-7-5-8-20(19)15-23/h2-4,10-13,15-16H,5-9,14,17H2,1H3,(H,25,28). The molecule has 1 N–H and O–H groups in total. The number of nitrogens with zero attached hydrogens (tertiary/aromatic N) is 2. The number of ether oxygens (including phenoxy) is 1. The van der Waals surface area contributed by atoms with E-state index in [2.05, 4.69) is 28.7 Å². The zero-order valence-electron chi connectivity index (χ0n) is 16.9. The number of carbonyl (C=O) groups excluding carboxylic acids is 1. The number of nitrogens with one attached hydrogen (secondary N) is 1. The van der Waals surface area contributed by atoms with Crippen molar-refractivity contribution in [2.24, 2.45) is 0 Å². The fourth-order valence-electron chi connectivity index (χ4n) is 3.80. The summed E-state index contributed by atoms with van der Waals surface area (Å²) in [5.41, 5.74) is 6.05. The predicted molar refractivity (Wildman–Crippen MR) is 114 cm³/mol. The van der Waals surface area contributed by atoms with Crippen LogP contribution in [-0.4, -0.2) is 28.8 Å². The average molecular weight is 389 g/mol. The van der Waals surface area contributed by atoms with Gasteiger partial charge in [0.15, 0.2) is 6.61 Å². The summed E-state index contributed by atoms with van der Waals surface area (Å²) in [4.78, 5) is 12.1. The van der Waals surface area contributed by atoms with Crippen LogP contribution in [0.4, 0.5) is 0 Å². The Labute approximate surface area is 171 Å². The molecule has 1 amide bonds. The molecule has 150 valence electrons. The van der Waals surface area contributed by atoms with Crippen LogP contribution < -0.4 is 10.1 Å². The molecule has 0 atom stereocenters. The second-order valence-electron chi connectivity index (χ2n) is 7.55. The largest absolute Gasteiger partial charge is 0.484 e. The maximum absolute atomic E-state index is 12.1. The van der Waals surface area contributed by atoms with Crippen LogP contribution in [-0.2, 0) is 24.1 Å². The van der Waals surface area contributed by atoms with Gasteiger partial charge in [-0.05, 0) is 80.0 Å². The van der Waals surface area contributed by atoms with E-state index >= 15 is 0 Å². The van der Waals surface area contributed by atoms with Crippen molar-refractivity contribution in [2.75, 3.05) is 13.2 Å². The lowest BCUT2D eigenvalue weighted by Gasteiger charge is -2.09. The first-order valence-electron chi connectivity index (χ1n) is 10.3. The summed E-state index contributed by atoms with van der Waals surface area (Å²) in [5.74, 6) is 0.701. The molecule has 5 nitrogen and oxygen atoms in total. The molecule has 0 aliphatic heterocycles. The van der Waals surface area contributed by atoms with Gasteiger partial charge in [0.1, 0.15) is 5.75 Å². The minimum absolute atomic E-state index is 0.0593. The van der Waals surface area contributed by atoms with Crippen LogP contribution in [0.1, 0.15) is 35.2 Å². The van der Waals surface area contributed by atoms with Gasteiger partial charge in [-0.25, -0.2) is 4.68 Å². The van der Waals surface area contributed by atoms with E-state index < -0.39 is 0 Å². The summed E-state index contributed by atoms with van der Waals surface area (Å²) in [6.45, 7) is 2.71. The van der Waals surface area contributed by atoms with Gasteiger partial charge in [0.05, 0.1) is 11.4 Å². The normalized spacial score (nSPS) is 12.6. The van der Waals surface area contributed by atoms with E-state index in [0.717, 1.165) is 42.8 Å². The van der Waals surface area contributed by atoms with E-state index in [0.29, 0.717) is 6.54 Å². The summed E-state index contributed by atoms with van der Waals surface area (Å²) in [5, 5.41) is 7.53. The molecule has 0 fully saturated rings. The zero-order chi connectivity index (χ0) is 20.1. The molecule has 1 heterocycles. The first-order valence-corrected chi connectivity index (χ1v) is 10.3. The van der Waals surface area contributed by atoms with Crippen molar-refractivity contribution in [1.29, 1.82) is 0 Å². The maximum Gasteiger partial charge on any atom is 0.257 e. The van der Waals surface area contributed by atoms with Crippen molar-refractivity contribution >= 4 is 5.91 Å². The quantitative estimate of drug-likeness (QED) is 0.596. The second-order valence-corrected chi connectivity index (χ2v) is 7.55. The number of amides is 1. The Bertz CT molecular complexity index is 979. The highest BCUT2D eigenvalue weighted by Gasteiger charge is 2.12. The molecule has 0 saturated carbocycles. The molecular formula is C24H27N3O2. The Morgan fingerprint density at radius 1 is 1.14 bits per heavy atom. The molecular weight excluding hydrogens is 362 g/mol. The van der Waals surface area contributed by atoms with Crippen LogP contribution >= 0.6 is 0 Å². The topological polar surface area (TPSA) is 56.2 Å². The third kappa shape index (κ3) is 4.86. The van der Waals surface area contributed by atoms with Crippen molar-refractivity contribution in [1.82, 2.24) is 15.1 Å². The molecule has 1 aliphatic carbocycles. The molecule has 29 heavy (non-hydrogen) atoms. The number of rotatable bonds is 8. The van der Waals surface area contributed by atoms with Gasteiger partial charge in [-0.2, -0.15) is 5.10 Å². The molecule has 1 aromatic heterocycles. The van der Waals surface area contributed by atoms with Gasteiger partial charge in [-0.15, -0.1) is 0 Å². The van der Waals surface area contributed by atoms with Gasteiger partial charge in [0.25, 0.3) is 5.91 Å². The molecule has 0 bridgehead atoms. The minimum atomic E-state index is -0.0813. The van der Waals surface area contributed by atoms with E-state index in [1.807, 2.05) is 48.0 Å². The molecule has 4 rings (SSSR count). The fraction of sp³-hybridized carbons (Fsp3) is 0.333. The molecule has 5 heteroatoms. The first kappa shape index (κ1) is 19.2. The van der Waals surface area contributed by atoms with Crippen molar-refractivity contribution in [3.8, 4) is 11.4 Å². The van der Waals surface area contributed by atoms with E-state index in [1.54, 1.807) is 0 Å². The number of benzene rings is 2. The third-order valence-corrected chi connectivity index (χ3v) is 5.41. The van der Waals surface area contributed by atoms with Crippen molar-refractivity contribution in [3.63, 3.8) is 0 Å². The summed E-state index contributed by atoms with van der Waals surface area (Å²) in [7, 11) is 0. The van der Waals surface area contributed by atoms with Gasteiger partial charge >= 0.3 is 0 Å². The Balaban J connectivity index is 1.20. The Morgan fingerprint density at radius 3 is 2.83 bits per heavy atom. The molecule has 0 unspecified atom stereocenters. The van der Waals surface area contributed by atoms with Gasteiger partial charge in [0, 0.05) is 12.7 Å². The predicted octanol–water partition coefficient (Wildman–Crippen LogP) is 3.80. The lowest BCUT2D eigenvalue weighted by atomic mass is 10.1. The van der Waals surface area contributed by atoms with Crippen molar-refractivity contribution < 1.29 is 9.53 Å². The number of carbonyl (C=O) groups is 1. The highest BCUT2D eigenvalue weighted by atomic mass is 16.5. The monoisotopic (exact) mass is 389 g/mol. The number of hydrogen-bond donors (Lipinski definition) is 1. The van der Waals surface area contributed by atoms with Crippen molar-refractivity contribution in [2.45, 2.75) is 39.0 Å². The number of aromatic nitrogens is 2. The second kappa shape index (κ2) is 8.95. The summed E-state index contributed by atoms with van der Waals surface area (Å²) in [6, 6.07) is 16.2. The fourth-order valence-corrected chi connectivity index (χ4v) is 3.80. The van der Waals surface area contributed by atoms with Gasteiger partial charge in [0.2, 0.25) is 0 Å². The number of hydrogen-bond acceptors (Lipinski definition) is 3. The lowest BCUT2D eigenvalue weighted by Crippen LogP contribution is -2.29. The number of fused-ring (bicyclic) bond motifs is 1. The van der Waals surface area contributed by atoms with Crippen LogP contribution in [0, 0.1) is 6.92 Å². The van der Waals surface area contributed by atoms with Gasteiger partial charge in [-0.3, -0.25) is 4.79 Å². The van der Waals surface area contributed by atoms with E-state index in [-0.39, 0.29) is 12.5 Å². The Hall–Kier alpha value is -3.08.